The van der Waals surface area contributed by atoms with Gasteiger partial charge in [0, 0.05) is 25.3 Å². The first-order chi connectivity index (χ1) is 7.22. The average molecular weight is 246 g/mol. The van der Waals surface area contributed by atoms with Crippen molar-refractivity contribution in [2.45, 2.75) is 18.9 Å². The minimum absolute atomic E-state index is 0.358. The summed E-state index contributed by atoms with van der Waals surface area (Å²) in [7, 11) is 0. The van der Waals surface area contributed by atoms with Gasteiger partial charge in [0.25, 0.3) is 0 Å². The van der Waals surface area contributed by atoms with Crippen LogP contribution in [-0.2, 0) is 0 Å². The average Bonchev–Trinajstić information content (AvgIpc) is 2.65. The van der Waals surface area contributed by atoms with E-state index in [0.717, 1.165) is 25.2 Å². The van der Waals surface area contributed by atoms with Crippen LogP contribution in [0.3, 0.4) is 0 Å². The minimum Gasteiger partial charge on any atom is -0.351 e. The Bertz CT molecular complexity index is 357. The molecule has 0 aliphatic carbocycles. The van der Waals surface area contributed by atoms with Gasteiger partial charge in [0.05, 0.1) is 10.0 Å². The monoisotopic (exact) mass is 245 g/mol. The lowest BCUT2D eigenvalue weighted by Gasteiger charge is -2.25. The largest absolute Gasteiger partial charge is 0.351 e. The van der Waals surface area contributed by atoms with Crippen LogP contribution in [0.15, 0.2) is 12.3 Å². The van der Waals surface area contributed by atoms with Crippen LogP contribution in [0.2, 0.25) is 10.0 Å². The van der Waals surface area contributed by atoms with Crippen LogP contribution in [0.5, 0.6) is 0 Å². The molecule has 1 aliphatic heterocycles. The molecule has 1 atom stereocenters. The van der Waals surface area contributed by atoms with Gasteiger partial charge >= 0.3 is 0 Å². The molecular weight excluding hydrogens is 233 g/mol. The zero-order valence-corrected chi connectivity index (χ0v) is 9.80. The summed E-state index contributed by atoms with van der Waals surface area (Å²) in [6.45, 7) is 1.61. The molecule has 0 saturated carbocycles. The van der Waals surface area contributed by atoms with Crippen LogP contribution in [0, 0.1) is 0 Å². The van der Waals surface area contributed by atoms with Crippen molar-refractivity contribution in [3.63, 3.8) is 0 Å². The maximum absolute atomic E-state index is 6.10. The van der Waals surface area contributed by atoms with E-state index in [1.807, 2.05) is 0 Å². The smallest absolute Gasteiger partial charge is 0.147 e. The van der Waals surface area contributed by atoms with Gasteiger partial charge in [-0.2, -0.15) is 0 Å². The van der Waals surface area contributed by atoms with Crippen molar-refractivity contribution in [2.24, 2.45) is 5.73 Å². The van der Waals surface area contributed by atoms with E-state index in [1.165, 1.54) is 0 Å². The van der Waals surface area contributed by atoms with Gasteiger partial charge in [-0.05, 0) is 18.9 Å². The van der Waals surface area contributed by atoms with Crippen molar-refractivity contribution >= 4 is 29.0 Å². The molecule has 0 amide bonds. The first-order valence-electron chi connectivity index (χ1n) is 5.00. The van der Waals surface area contributed by atoms with Gasteiger partial charge in [-0.25, -0.2) is 4.98 Å². The summed E-state index contributed by atoms with van der Waals surface area (Å²) in [6.07, 6.45) is 3.87. The highest BCUT2D eigenvalue weighted by Crippen LogP contribution is 2.30. The Morgan fingerprint density at radius 2 is 2.33 bits per heavy atom. The van der Waals surface area contributed by atoms with E-state index in [9.17, 15) is 0 Å². The SMILES string of the molecule is NCC1CCCN1c1ncc(Cl)cc1Cl. The van der Waals surface area contributed by atoms with Crippen LogP contribution in [0.1, 0.15) is 12.8 Å². The molecule has 2 rings (SSSR count). The van der Waals surface area contributed by atoms with Crippen molar-refractivity contribution in [3.8, 4) is 0 Å². The summed E-state index contributed by atoms with van der Waals surface area (Å²) in [4.78, 5) is 6.43. The van der Waals surface area contributed by atoms with Gasteiger partial charge in [-0.15, -0.1) is 0 Å². The molecule has 0 spiro atoms. The molecule has 0 aromatic carbocycles. The Morgan fingerprint density at radius 1 is 1.53 bits per heavy atom. The Hall–Kier alpha value is -0.510. The van der Waals surface area contributed by atoms with E-state index in [-0.39, 0.29) is 0 Å². The molecule has 2 heterocycles. The molecular formula is C10H13Cl2N3. The molecule has 1 aromatic rings. The third-order valence-electron chi connectivity index (χ3n) is 2.71. The predicted molar refractivity (Wildman–Crippen MR) is 63.7 cm³/mol. The molecule has 1 saturated heterocycles. The number of hydrogen-bond acceptors (Lipinski definition) is 3. The number of nitrogens with two attached hydrogens (primary N) is 1. The Labute approximate surface area is 99.2 Å². The molecule has 0 bridgehead atoms. The molecule has 0 radical (unpaired) electrons. The normalized spacial score (nSPS) is 21.0. The minimum atomic E-state index is 0.358. The lowest BCUT2D eigenvalue weighted by Crippen LogP contribution is -2.36. The fraction of sp³-hybridized carbons (Fsp3) is 0.500. The zero-order chi connectivity index (χ0) is 10.8. The van der Waals surface area contributed by atoms with E-state index in [2.05, 4.69) is 9.88 Å². The molecule has 1 aliphatic rings. The number of hydrogen-bond donors (Lipinski definition) is 1. The molecule has 3 nitrogen and oxygen atoms in total. The van der Waals surface area contributed by atoms with Crippen LogP contribution in [0.4, 0.5) is 5.82 Å². The molecule has 1 aromatic heterocycles. The zero-order valence-electron chi connectivity index (χ0n) is 8.29. The van der Waals surface area contributed by atoms with Crippen molar-refractivity contribution in [1.82, 2.24) is 4.98 Å². The van der Waals surface area contributed by atoms with Crippen molar-refractivity contribution in [3.05, 3.63) is 22.3 Å². The standard InChI is InChI=1S/C10H13Cl2N3/c11-7-4-9(12)10(14-6-7)15-3-1-2-8(15)5-13/h4,6,8H,1-3,5,13H2. The lowest BCUT2D eigenvalue weighted by atomic mass is 10.2. The van der Waals surface area contributed by atoms with E-state index in [4.69, 9.17) is 28.9 Å². The molecule has 2 N–H and O–H groups in total. The van der Waals surface area contributed by atoms with Crippen molar-refractivity contribution in [1.29, 1.82) is 0 Å². The summed E-state index contributed by atoms with van der Waals surface area (Å²) >= 11 is 11.9. The summed E-state index contributed by atoms with van der Waals surface area (Å²) in [5.41, 5.74) is 5.70. The second-order valence-corrected chi connectivity index (χ2v) is 4.53. The second kappa shape index (κ2) is 4.56. The van der Waals surface area contributed by atoms with Crippen LogP contribution < -0.4 is 10.6 Å². The predicted octanol–water partition coefficient (Wildman–Crippen LogP) is 2.32. The van der Waals surface area contributed by atoms with Crippen molar-refractivity contribution in [2.75, 3.05) is 18.0 Å². The Morgan fingerprint density at radius 3 is 3.00 bits per heavy atom. The van der Waals surface area contributed by atoms with Crippen LogP contribution >= 0.6 is 23.2 Å². The number of anilines is 1. The van der Waals surface area contributed by atoms with Gasteiger partial charge in [0.2, 0.25) is 0 Å². The highest BCUT2D eigenvalue weighted by atomic mass is 35.5. The maximum Gasteiger partial charge on any atom is 0.147 e. The molecule has 5 heteroatoms. The summed E-state index contributed by atoms with van der Waals surface area (Å²) < 4.78 is 0. The Kier molecular flexibility index (Phi) is 3.34. The Balaban J connectivity index is 2.28. The molecule has 15 heavy (non-hydrogen) atoms. The summed E-state index contributed by atoms with van der Waals surface area (Å²) in [5.74, 6) is 0.800. The summed E-state index contributed by atoms with van der Waals surface area (Å²) in [5, 5.41) is 1.16. The van der Waals surface area contributed by atoms with Gasteiger partial charge < -0.3 is 10.6 Å². The number of halogens is 2. The molecule has 1 unspecified atom stereocenters. The fourth-order valence-corrected chi connectivity index (χ4v) is 2.47. The number of rotatable bonds is 2. The number of nitrogens with zero attached hydrogens (tertiary/aromatic N) is 2. The van der Waals surface area contributed by atoms with Gasteiger partial charge in [-0.1, -0.05) is 23.2 Å². The van der Waals surface area contributed by atoms with Gasteiger partial charge in [0.1, 0.15) is 5.82 Å². The third-order valence-corrected chi connectivity index (χ3v) is 3.19. The highest BCUT2D eigenvalue weighted by molar-refractivity contribution is 6.36. The van der Waals surface area contributed by atoms with E-state index < -0.39 is 0 Å². The first kappa shape index (κ1) is 11.0. The number of pyridine rings is 1. The van der Waals surface area contributed by atoms with Gasteiger partial charge in [0.15, 0.2) is 0 Å². The van der Waals surface area contributed by atoms with E-state index in [0.29, 0.717) is 22.6 Å². The quantitative estimate of drug-likeness (QED) is 0.870. The fourth-order valence-electron chi connectivity index (χ4n) is 1.98. The van der Waals surface area contributed by atoms with Crippen LogP contribution in [0.25, 0.3) is 0 Å². The number of aromatic nitrogens is 1. The second-order valence-electron chi connectivity index (χ2n) is 3.68. The topological polar surface area (TPSA) is 42.1 Å². The highest BCUT2D eigenvalue weighted by Gasteiger charge is 2.25. The maximum atomic E-state index is 6.10. The molecule has 1 fully saturated rings. The lowest BCUT2D eigenvalue weighted by molar-refractivity contribution is 0.671. The van der Waals surface area contributed by atoms with Crippen LogP contribution in [-0.4, -0.2) is 24.1 Å². The van der Waals surface area contributed by atoms with Gasteiger partial charge in [-0.3, -0.25) is 0 Å². The van der Waals surface area contributed by atoms with Crippen molar-refractivity contribution < 1.29 is 0 Å². The molecule has 82 valence electrons. The van der Waals surface area contributed by atoms with E-state index >= 15 is 0 Å². The summed E-state index contributed by atoms with van der Waals surface area (Å²) in [6, 6.07) is 2.08. The first-order valence-corrected chi connectivity index (χ1v) is 5.75. The van der Waals surface area contributed by atoms with E-state index in [1.54, 1.807) is 12.3 Å². The third kappa shape index (κ3) is 2.19.